The standard InChI is InChI=1S/C34H26F6O4/c1-19-11-3-4-12-21(19)28-23-14-6-5-13-22(23)20(2)29(43-31(41)24-15-7-9-17-26(24)33(35,36)37)30(28)44-32(42)25-16-8-10-18-27(25)34(38,39)40/h3-18,20,28-30H,1-2H3/t20?,28-,29?,30?/m0/s1. The minimum absolute atomic E-state index is 0.644. The number of hydrogen-bond acceptors (Lipinski definition) is 4. The lowest BCUT2D eigenvalue weighted by Crippen LogP contribution is -2.47. The molecule has 0 radical (unpaired) electrons. The van der Waals surface area contributed by atoms with Crippen molar-refractivity contribution in [2.45, 2.75) is 50.2 Å². The maximum atomic E-state index is 13.8. The van der Waals surface area contributed by atoms with Gasteiger partial charge in [-0.1, -0.05) is 79.7 Å². The summed E-state index contributed by atoms with van der Waals surface area (Å²) in [6, 6.07) is 22.4. The van der Waals surface area contributed by atoms with Gasteiger partial charge in [0, 0.05) is 5.92 Å². The van der Waals surface area contributed by atoms with Crippen molar-refractivity contribution < 1.29 is 45.4 Å². The molecule has 0 aliphatic heterocycles. The first kappa shape index (κ1) is 30.8. The van der Waals surface area contributed by atoms with Gasteiger partial charge in [-0.15, -0.1) is 0 Å². The maximum absolute atomic E-state index is 13.8. The molecule has 0 fully saturated rings. The Balaban J connectivity index is 1.66. The van der Waals surface area contributed by atoms with Gasteiger partial charge >= 0.3 is 24.3 Å². The minimum Gasteiger partial charge on any atom is -0.454 e. The van der Waals surface area contributed by atoms with E-state index in [2.05, 4.69) is 0 Å². The predicted octanol–water partition coefficient (Wildman–Crippen LogP) is 8.73. The smallest absolute Gasteiger partial charge is 0.417 e. The average Bonchev–Trinajstić information content (AvgIpc) is 2.99. The molecule has 4 atom stereocenters. The highest BCUT2D eigenvalue weighted by molar-refractivity contribution is 5.92. The van der Waals surface area contributed by atoms with Crippen LogP contribution < -0.4 is 0 Å². The van der Waals surface area contributed by atoms with Crippen LogP contribution in [0.4, 0.5) is 26.3 Å². The number of ether oxygens (including phenoxy) is 2. The fraction of sp³-hybridized carbons (Fsp3) is 0.235. The van der Waals surface area contributed by atoms with Crippen LogP contribution in [0.3, 0.4) is 0 Å². The van der Waals surface area contributed by atoms with E-state index in [0.717, 1.165) is 42.0 Å². The number of esters is 2. The topological polar surface area (TPSA) is 52.6 Å². The molecule has 4 aromatic rings. The number of aryl methyl sites for hydroxylation is 1. The number of alkyl halides is 6. The van der Waals surface area contributed by atoms with Crippen LogP contribution in [0.1, 0.15) is 72.9 Å². The largest absolute Gasteiger partial charge is 0.454 e. The van der Waals surface area contributed by atoms with Crippen molar-refractivity contribution in [1.29, 1.82) is 0 Å². The summed E-state index contributed by atoms with van der Waals surface area (Å²) in [5.41, 5.74) is -1.15. The van der Waals surface area contributed by atoms with Gasteiger partial charge in [-0.3, -0.25) is 0 Å². The molecule has 0 saturated heterocycles. The van der Waals surface area contributed by atoms with Gasteiger partial charge in [-0.25, -0.2) is 9.59 Å². The van der Waals surface area contributed by atoms with Gasteiger partial charge in [-0.2, -0.15) is 26.3 Å². The molecule has 0 spiro atoms. The highest BCUT2D eigenvalue weighted by Crippen LogP contribution is 2.47. The Labute approximate surface area is 249 Å². The van der Waals surface area contributed by atoms with Gasteiger partial charge in [-0.05, 0) is 53.4 Å². The molecule has 5 rings (SSSR count). The number of halogens is 6. The number of carbonyl (C=O) groups is 2. The lowest BCUT2D eigenvalue weighted by Gasteiger charge is -2.42. The first-order valence-corrected chi connectivity index (χ1v) is 13.7. The monoisotopic (exact) mass is 612 g/mol. The molecule has 1 aliphatic carbocycles. The molecule has 4 aromatic carbocycles. The van der Waals surface area contributed by atoms with Crippen molar-refractivity contribution in [2.75, 3.05) is 0 Å². The Morgan fingerprint density at radius 3 is 1.48 bits per heavy atom. The molecule has 228 valence electrons. The second kappa shape index (κ2) is 11.8. The zero-order chi connectivity index (χ0) is 31.8. The normalized spacial score (nSPS) is 20.0. The van der Waals surface area contributed by atoms with E-state index >= 15 is 0 Å². The Morgan fingerprint density at radius 2 is 0.977 bits per heavy atom. The number of benzene rings is 4. The van der Waals surface area contributed by atoms with E-state index in [1.54, 1.807) is 62.4 Å². The van der Waals surface area contributed by atoms with Crippen LogP contribution >= 0.6 is 0 Å². The molecule has 0 amide bonds. The minimum atomic E-state index is -4.87. The fourth-order valence-corrected chi connectivity index (χ4v) is 5.81. The van der Waals surface area contributed by atoms with Gasteiger partial charge in [0.25, 0.3) is 0 Å². The summed E-state index contributed by atoms with van der Waals surface area (Å²) < 4.78 is 94.6. The summed E-state index contributed by atoms with van der Waals surface area (Å²) in [6.07, 6.45) is -12.5. The van der Waals surface area contributed by atoms with Crippen LogP contribution in [-0.2, 0) is 21.8 Å². The van der Waals surface area contributed by atoms with E-state index in [4.69, 9.17) is 9.47 Å². The van der Waals surface area contributed by atoms with Crippen molar-refractivity contribution in [2.24, 2.45) is 0 Å². The van der Waals surface area contributed by atoms with Gasteiger partial charge in [0.2, 0.25) is 0 Å². The van der Waals surface area contributed by atoms with Crippen molar-refractivity contribution in [3.05, 3.63) is 142 Å². The molecular weight excluding hydrogens is 586 g/mol. The molecule has 44 heavy (non-hydrogen) atoms. The number of fused-ring (bicyclic) bond motifs is 1. The molecule has 0 saturated carbocycles. The molecule has 0 aromatic heterocycles. The zero-order valence-corrected chi connectivity index (χ0v) is 23.4. The van der Waals surface area contributed by atoms with E-state index < -0.39 is 70.6 Å². The Hall–Kier alpha value is -4.60. The first-order valence-electron chi connectivity index (χ1n) is 13.7. The number of rotatable bonds is 5. The van der Waals surface area contributed by atoms with Crippen LogP contribution in [0.25, 0.3) is 0 Å². The second-order valence-corrected chi connectivity index (χ2v) is 10.6. The van der Waals surface area contributed by atoms with Crippen molar-refractivity contribution in [3.63, 3.8) is 0 Å². The third-order valence-corrected chi connectivity index (χ3v) is 7.88. The lowest BCUT2D eigenvalue weighted by atomic mass is 9.70. The van der Waals surface area contributed by atoms with E-state index in [-0.39, 0.29) is 0 Å². The summed E-state index contributed by atoms with van der Waals surface area (Å²) in [4.78, 5) is 27.0. The molecule has 0 bridgehead atoms. The summed E-state index contributed by atoms with van der Waals surface area (Å²) in [6.45, 7) is 3.46. The predicted molar refractivity (Wildman–Crippen MR) is 149 cm³/mol. The molecule has 3 unspecified atom stereocenters. The van der Waals surface area contributed by atoms with Gasteiger partial charge in [0.15, 0.2) is 6.10 Å². The van der Waals surface area contributed by atoms with Gasteiger partial charge in [0.1, 0.15) is 6.10 Å². The molecule has 0 heterocycles. The van der Waals surface area contributed by atoms with Crippen LogP contribution in [0.15, 0.2) is 97.1 Å². The molecular formula is C34H26F6O4. The molecule has 0 N–H and O–H groups in total. The summed E-state index contributed by atoms with van der Waals surface area (Å²) >= 11 is 0. The third kappa shape index (κ3) is 5.93. The van der Waals surface area contributed by atoms with E-state index in [1.165, 1.54) is 12.1 Å². The lowest BCUT2D eigenvalue weighted by molar-refractivity contribution is -0.139. The Morgan fingerprint density at radius 1 is 0.568 bits per heavy atom. The summed E-state index contributed by atoms with van der Waals surface area (Å²) in [5, 5.41) is 0. The second-order valence-electron chi connectivity index (χ2n) is 10.6. The van der Waals surface area contributed by atoms with Crippen LogP contribution in [0.5, 0.6) is 0 Å². The number of carbonyl (C=O) groups excluding carboxylic acids is 2. The van der Waals surface area contributed by atoms with Crippen molar-refractivity contribution in [1.82, 2.24) is 0 Å². The summed E-state index contributed by atoms with van der Waals surface area (Å²) in [7, 11) is 0. The first-order chi connectivity index (χ1) is 20.8. The van der Waals surface area contributed by atoms with Crippen molar-refractivity contribution >= 4 is 11.9 Å². The van der Waals surface area contributed by atoms with Crippen LogP contribution in [0, 0.1) is 6.92 Å². The Kier molecular flexibility index (Phi) is 8.29. The highest BCUT2D eigenvalue weighted by Gasteiger charge is 2.48. The molecule has 4 nitrogen and oxygen atoms in total. The molecule has 10 heteroatoms. The fourth-order valence-electron chi connectivity index (χ4n) is 5.81. The average molecular weight is 613 g/mol. The highest BCUT2D eigenvalue weighted by atomic mass is 19.4. The maximum Gasteiger partial charge on any atom is 0.417 e. The van der Waals surface area contributed by atoms with E-state index in [1.807, 2.05) is 0 Å². The van der Waals surface area contributed by atoms with Crippen molar-refractivity contribution in [3.8, 4) is 0 Å². The zero-order valence-electron chi connectivity index (χ0n) is 23.4. The van der Waals surface area contributed by atoms with E-state index in [9.17, 15) is 35.9 Å². The molecule has 1 aliphatic rings. The SMILES string of the molecule is Cc1ccccc1[C@H]1c2ccccc2C(C)C(OC(=O)c2ccccc2C(F)(F)F)C1OC(=O)c1ccccc1C(F)(F)F. The number of hydrogen-bond donors (Lipinski definition) is 0. The quantitative estimate of drug-likeness (QED) is 0.167. The van der Waals surface area contributed by atoms with E-state index in [0.29, 0.717) is 16.7 Å². The third-order valence-electron chi connectivity index (χ3n) is 7.88. The van der Waals surface area contributed by atoms with Gasteiger partial charge < -0.3 is 9.47 Å². The summed E-state index contributed by atoms with van der Waals surface area (Å²) in [5.74, 6) is -4.18. The van der Waals surface area contributed by atoms with Gasteiger partial charge in [0.05, 0.1) is 28.2 Å². The Bertz CT molecular complexity index is 1690. The van der Waals surface area contributed by atoms with Crippen LogP contribution in [0.2, 0.25) is 0 Å². The van der Waals surface area contributed by atoms with Crippen LogP contribution in [-0.4, -0.2) is 24.1 Å².